The van der Waals surface area contributed by atoms with Crippen LogP contribution in [0.4, 0.5) is 11.4 Å². The summed E-state index contributed by atoms with van der Waals surface area (Å²) in [5.74, 6) is -0.104. The van der Waals surface area contributed by atoms with Crippen molar-refractivity contribution in [1.29, 1.82) is 0 Å². The van der Waals surface area contributed by atoms with Gasteiger partial charge in [0.05, 0.1) is 22.1 Å². The molecule has 8 heteroatoms. The van der Waals surface area contributed by atoms with Crippen LogP contribution in [-0.2, 0) is 4.79 Å². The molecule has 1 aliphatic rings. The minimum atomic E-state index is -0.104. The summed E-state index contributed by atoms with van der Waals surface area (Å²) in [4.78, 5) is 19.0. The van der Waals surface area contributed by atoms with E-state index in [1.165, 1.54) is 18.3 Å². The predicted molar refractivity (Wildman–Crippen MR) is 118 cm³/mol. The molecule has 1 amide bonds. The largest absolute Gasteiger partial charge is 0.351 e. The van der Waals surface area contributed by atoms with Crippen molar-refractivity contribution < 1.29 is 4.79 Å². The lowest BCUT2D eigenvalue weighted by atomic mass is 10.0. The number of amides is 1. The summed E-state index contributed by atoms with van der Waals surface area (Å²) in [5, 5.41) is 6.82. The molecule has 0 radical (unpaired) electrons. The molecule has 0 bridgehead atoms. The Morgan fingerprint density at radius 2 is 2.00 bits per heavy atom. The third kappa shape index (κ3) is 3.73. The second-order valence-corrected chi connectivity index (χ2v) is 8.50. The zero-order valence-electron chi connectivity index (χ0n) is 14.9. The van der Waals surface area contributed by atoms with E-state index in [4.69, 9.17) is 23.8 Å². The number of carbonyl (C=O) groups excluding carboxylic acids is 1. The first-order valence-corrected chi connectivity index (χ1v) is 10.3. The molecule has 2 atom stereocenters. The second kappa shape index (κ2) is 7.87. The predicted octanol–water partition coefficient (Wildman–Crippen LogP) is 4.93. The van der Waals surface area contributed by atoms with Crippen LogP contribution in [-0.4, -0.2) is 16.0 Å². The average molecular weight is 429 g/mol. The van der Waals surface area contributed by atoms with Crippen molar-refractivity contribution in [2.75, 3.05) is 10.2 Å². The lowest BCUT2D eigenvalue weighted by Gasteiger charge is -2.27. The summed E-state index contributed by atoms with van der Waals surface area (Å²) in [6.45, 7) is 1.49. The number of nitrogens with one attached hydrogen (secondary N) is 2. The number of anilines is 2. The van der Waals surface area contributed by atoms with E-state index in [9.17, 15) is 4.79 Å². The standard InChI is InChI=1S/C20H17ClN4OS2/c1-12(26)23-13-5-7-14(8-6-13)25-19(16-9-10-17(21)28-16)18(24-20(25)27)15-4-2-3-11-22-15/h2-11,18-19H,1H3,(H,23,26)(H,24,27)/t18-,19-/m0/s1. The molecule has 5 nitrogen and oxygen atoms in total. The van der Waals surface area contributed by atoms with Gasteiger partial charge in [0.25, 0.3) is 0 Å². The van der Waals surface area contributed by atoms with Gasteiger partial charge in [-0.25, -0.2) is 0 Å². The molecule has 2 aromatic heterocycles. The topological polar surface area (TPSA) is 57.3 Å². The Hall–Kier alpha value is -2.48. The normalized spacial score (nSPS) is 18.8. The van der Waals surface area contributed by atoms with Crippen molar-refractivity contribution in [2.24, 2.45) is 0 Å². The third-order valence-electron chi connectivity index (χ3n) is 4.45. The first kappa shape index (κ1) is 18.9. The molecule has 0 saturated carbocycles. The molecule has 142 valence electrons. The van der Waals surface area contributed by atoms with Crippen LogP contribution in [0.2, 0.25) is 4.34 Å². The highest BCUT2D eigenvalue weighted by Gasteiger charge is 2.41. The summed E-state index contributed by atoms with van der Waals surface area (Å²) in [6.07, 6.45) is 1.78. The lowest BCUT2D eigenvalue weighted by molar-refractivity contribution is -0.114. The highest BCUT2D eigenvalue weighted by molar-refractivity contribution is 7.80. The minimum absolute atomic E-state index is 0.0773. The summed E-state index contributed by atoms with van der Waals surface area (Å²) < 4.78 is 0.730. The van der Waals surface area contributed by atoms with Crippen molar-refractivity contribution in [3.8, 4) is 0 Å². The van der Waals surface area contributed by atoms with Gasteiger partial charge in [0.15, 0.2) is 5.11 Å². The SMILES string of the molecule is CC(=O)Nc1ccc(N2C(=S)N[C@@H](c3ccccn3)[C@@H]2c2ccc(Cl)s2)cc1. The van der Waals surface area contributed by atoms with Gasteiger partial charge in [-0.15, -0.1) is 11.3 Å². The number of nitrogens with zero attached hydrogens (tertiary/aromatic N) is 2. The van der Waals surface area contributed by atoms with Crippen molar-refractivity contribution in [3.63, 3.8) is 0 Å². The van der Waals surface area contributed by atoms with Crippen LogP contribution >= 0.6 is 35.2 Å². The summed E-state index contributed by atoms with van der Waals surface area (Å²) in [5.41, 5.74) is 2.59. The molecule has 0 spiro atoms. The number of thiophene rings is 1. The molecule has 3 heterocycles. The van der Waals surface area contributed by atoms with Crippen molar-refractivity contribution in [3.05, 3.63) is 75.7 Å². The van der Waals surface area contributed by atoms with Crippen LogP contribution < -0.4 is 15.5 Å². The number of thiocarbonyl (C=S) groups is 1. The van der Waals surface area contributed by atoms with Gasteiger partial charge in [0.1, 0.15) is 0 Å². The Morgan fingerprint density at radius 3 is 2.61 bits per heavy atom. The first-order chi connectivity index (χ1) is 13.5. The average Bonchev–Trinajstić information content (AvgIpc) is 3.26. The zero-order chi connectivity index (χ0) is 19.7. The van der Waals surface area contributed by atoms with E-state index in [1.807, 2.05) is 54.6 Å². The highest BCUT2D eigenvalue weighted by Crippen LogP contribution is 2.44. The maximum atomic E-state index is 11.3. The van der Waals surface area contributed by atoms with E-state index < -0.39 is 0 Å². The second-order valence-electron chi connectivity index (χ2n) is 6.37. The molecule has 1 saturated heterocycles. The minimum Gasteiger partial charge on any atom is -0.351 e. The monoisotopic (exact) mass is 428 g/mol. The third-order valence-corrected chi connectivity index (χ3v) is 6.07. The molecule has 0 unspecified atom stereocenters. The van der Waals surface area contributed by atoms with Crippen LogP contribution in [0.1, 0.15) is 29.6 Å². The van der Waals surface area contributed by atoms with Crippen LogP contribution in [0.5, 0.6) is 0 Å². The number of hydrogen-bond donors (Lipinski definition) is 2. The fourth-order valence-electron chi connectivity index (χ4n) is 3.32. The number of carbonyl (C=O) groups is 1. The summed E-state index contributed by atoms with van der Waals surface area (Å²) >= 11 is 13.4. The van der Waals surface area contributed by atoms with Gasteiger partial charge in [0.2, 0.25) is 5.91 Å². The molecule has 1 fully saturated rings. The van der Waals surface area contributed by atoms with Gasteiger partial charge in [0, 0.05) is 29.4 Å². The van der Waals surface area contributed by atoms with Gasteiger partial charge in [-0.2, -0.15) is 0 Å². The van der Waals surface area contributed by atoms with Crippen LogP contribution in [0, 0.1) is 0 Å². The van der Waals surface area contributed by atoms with E-state index in [0.29, 0.717) is 5.11 Å². The van der Waals surface area contributed by atoms with Gasteiger partial charge in [-0.05, 0) is 60.7 Å². The molecule has 28 heavy (non-hydrogen) atoms. The summed E-state index contributed by atoms with van der Waals surface area (Å²) in [6, 6.07) is 17.2. The molecule has 3 aromatic rings. The van der Waals surface area contributed by atoms with Crippen LogP contribution in [0.25, 0.3) is 0 Å². The van der Waals surface area contributed by atoms with Crippen molar-refractivity contribution in [1.82, 2.24) is 10.3 Å². The van der Waals surface area contributed by atoms with E-state index in [0.717, 1.165) is 26.3 Å². The number of pyridine rings is 1. The Morgan fingerprint density at radius 1 is 1.21 bits per heavy atom. The fraction of sp³-hybridized carbons (Fsp3) is 0.150. The van der Waals surface area contributed by atoms with E-state index in [-0.39, 0.29) is 18.0 Å². The number of benzene rings is 1. The zero-order valence-corrected chi connectivity index (χ0v) is 17.3. The van der Waals surface area contributed by atoms with E-state index in [1.54, 1.807) is 6.20 Å². The molecule has 2 N–H and O–H groups in total. The van der Waals surface area contributed by atoms with E-state index in [2.05, 4.69) is 20.5 Å². The van der Waals surface area contributed by atoms with E-state index >= 15 is 0 Å². The molecule has 0 aliphatic carbocycles. The number of hydrogen-bond acceptors (Lipinski definition) is 4. The molecule has 1 aromatic carbocycles. The molecule has 1 aliphatic heterocycles. The maximum Gasteiger partial charge on any atom is 0.221 e. The Labute approximate surface area is 177 Å². The van der Waals surface area contributed by atoms with Crippen LogP contribution in [0.3, 0.4) is 0 Å². The van der Waals surface area contributed by atoms with Crippen molar-refractivity contribution >= 4 is 57.5 Å². The lowest BCUT2D eigenvalue weighted by Crippen LogP contribution is -2.29. The Bertz CT molecular complexity index is 1010. The van der Waals surface area contributed by atoms with Crippen LogP contribution in [0.15, 0.2) is 60.8 Å². The molecular formula is C20H17ClN4OS2. The first-order valence-electron chi connectivity index (χ1n) is 8.66. The van der Waals surface area contributed by atoms with Crippen molar-refractivity contribution in [2.45, 2.75) is 19.0 Å². The maximum absolute atomic E-state index is 11.3. The highest BCUT2D eigenvalue weighted by atomic mass is 35.5. The number of halogens is 1. The number of rotatable bonds is 4. The summed E-state index contributed by atoms with van der Waals surface area (Å²) in [7, 11) is 0. The Balaban J connectivity index is 1.74. The van der Waals surface area contributed by atoms with Gasteiger partial charge in [-0.3, -0.25) is 9.78 Å². The van der Waals surface area contributed by atoms with Gasteiger partial charge < -0.3 is 15.5 Å². The smallest absolute Gasteiger partial charge is 0.221 e. The Kier molecular flexibility index (Phi) is 5.30. The number of aromatic nitrogens is 1. The van der Waals surface area contributed by atoms with Gasteiger partial charge in [-0.1, -0.05) is 17.7 Å². The molecule has 4 rings (SSSR count). The molecular weight excluding hydrogens is 412 g/mol. The quantitative estimate of drug-likeness (QED) is 0.577. The van der Waals surface area contributed by atoms with Gasteiger partial charge >= 0.3 is 0 Å². The fourth-order valence-corrected chi connectivity index (χ4v) is 4.85.